The quantitative estimate of drug-likeness (QED) is 0.580. The number of urea groups is 1. The normalized spacial score (nSPS) is 21.6. The predicted molar refractivity (Wildman–Crippen MR) is 125 cm³/mol. The molecule has 1 spiro atoms. The average Bonchev–Trinajstić information content (AvgIpc) is 3.38. The molecule has 9 nitrogen and oxygen atoms in total. The summed E-state index contributed by atoms with van der Waals surface area (Å²) < 4.78 is 27.2. The molecule has 11 heteroatoms. The summed E-state index contributed by atoms with van der Waals surface area (Å²) >= 11 is 0. The molecule has 2 amide bonds. The van der Waals surface area contributed by atoms with Crippen LogP contribution in [0.4, 0.5) is 13.6 Å². The van der Waals surface area contributed by atoms with E-state index >= 15 is 0 Å². The summed E-state index contributed by atoms with van der Waals surface area (Å²) in [6.07, 6.45) is 1.88. The molecule has 2 aliphatic heterocycles. The fourth-order valence-corrected chi connectivity index (χ4v) is 6.02. The number of amides is 2. The average molecular weight is 495 g/mol. The Labute approximate surface area is 206 Å². The number of nitrogens with zero attached hydrogens (tertiary/aromatic N) is 7. The Morgan fingerprint density at radius 3 is 2.39 bits per heavy atom. The topological polar surface area (TPSA) is 95.8 Å². The van der Waals surface area contributed by atoms with Crippen LogP contribution in [0.2, 0.25) is 0 Å². The molecule has 2 aromatic heterocycles. The maximum Gasteiger partial charge on any atom is 0.320 e. The predicted octanol–water partition coefficient (Wildman–Crippen LogP) is 3.91. The third-order valence-corrected chi connectivity index (χ3v) is 8.27. The number of hydrogen-bond acceptors (Lipinski definition) is 5. The molecule has 0 unspecified atom stereocenters. The van der Waals surface area contributed by atoms with E-state index in [2.05, 4.69) is 20.3 Å². The van der Waals surface area contributed by atoms with Crippen molar-refractivity contribution in [3.63, 3.8) is 0 Å². The Hall–Kier alpha value is -3.37. The molecule has 36 heavy (non-hydrogen) atoms. The van der Waals surface area contributed by atoms with Crippen molar-refractivity contribution in [1.82, 2.24) is 39.7 Å². The SMILES string of the molecule is Cc1nc(C(F)F)nn1-c1ccc(C2CN(C(=O)N3CC4(CC(c5n[nH]c(C6CC6)n5)C4)C3)C2)cc1. The smallest absolute Gasteiger partial charge is 0.320 e. The van der Waals surface area contributed by atoms with Gasteiger partial charge in [-0.25, -0.2) is 28.2 Å². The lowest BCUT2D eigenvalue weighted by Crippen LogP contribution is -2.67. The Morgan fingerprint density at radius 1 is 1.03 bits per heavy atom. The van der Waals surface area contributed by atoms with Crippen LogP contribution in [-0.4, -0.2) is 72.0 Å². The Kier molecular flexibility index (Phi) is 4.75. The first-order valence-corrected chi connectivity index (χ1v) is 12.7. The summed E-state index contributed by atoms with van der Waals surface area (Å²) in [5, 5.41) is 11.4. The number of benzene rings is 1. The number of rotatable bonds is 5. The molecule has 4 fully saturated rings. The van der Waals surface area contributed by atoms with Crippen LogP contribution in [0.15, 0.2) is 24.3 Å². The monoisotopic (exact) mass is 494 g/mol. The van der Waals surface area contributed by atoms with E-state index < -0.39 is 12.2 Å². The van der Waals surface area contributed by atoms with Crippen molar-refractivity contribution in [2.75, 3.05) is 26.2 Å². The minimum atomic E-state index is -2.69. The van der Waals surface area contributed by atoms with Crippen molar-refractivity contribution < 1.29 is 13.6 Å². The number of carbonyl (C=O) groups is 1. The van der Waals surface area contributed by atoms with E-state index in [1.54, 1.807) is 6.92 Å². The van der Waals surface area contributed by atoms with E-state index in [9.17, 15) is 13.6 Å². The second-order valence-corrected chi connectivity index (χ2v) is 11.0. The molecule has 2 saturated carbocycles. The van der Waals surface area contributed by atoms with E-state index in [1.807, 2.05) is 34.1 Å². The molecule has 7 rings (SSSR count). The van der Waals surface area contributed by atoms with Crippen molar-refractivity contribution in [1.29, 1.82) is 0 Å². The minimum absolute atomic E-state index is 0.128. The van der Waals surface area contributed by atoms with Gasteiger partial charge in [-0.05, 0) is 50.3 Å². The van der Waals surface area contributed by atoms with Gasteiger partial charge < -0.3 is 9.80 Å². The number of alkyl halides is 2. The number of halogens is 2. The van der Waals surface area contributed by atoms with E-state index in [1.165, 1.54) is 17.5 Å². The highest BCUT2D eigenvalue weighted by molar-refractivity contribution is 5.77. The van der Waals surface area contributed by atoms with Crippen LogP contribution in [0.3, 0.4) is 0 Å². The van der Waals surface area contributed by atoms with Crippen LogP contribution in [0.25, 0.3) is 5.69 Å². The van der Waals surface area contributed by atoms with Gasteiger partial charge in [-0.1, -0.05) is 12.1 Å². The first-order valence-electron chi connectivity index (χ1n) is 12.7. The highest BCUT2D eigenvalue weighted by Gasteiger charge is 2.56. The van der Waals surface area contributed by atoms with E-state index in [0.717, 1.165) is 43.1 Å². The molecule has 3 aromatic rings. The standard InChI is InChI=1S/C25H28F2N8O/c1-14-28-23(20(26)27)32-35(14)19-6-4-15(5-7-19)18-10-33(11-18)24(36)34-12-25(13-34)8-17(9-25)22-29-21(30-31-22)16-2-3-16/h4-7,16-18,20H,2-3,8-13H2,1H3,(H,29,30,31). The highest BCUT2D eigenvalue weighted by Crippen LogP contribution is 2.56. The molecule has 188 valence electrons. The summed E-state index contributed by atoms with van der Waals surface area (Å²) in [7, 11) is 0. The number of likely N-dealkylation sites (tertiary alicyclic amines) is 2. The molecular formula is C25H28F2N8O. The minimum Gasteiger partial charge on any atom is -0.323 e. The van der Waals surface area contributed by atoms with Gasteiger partial charge in [-0.2, -0.15) is 5.10 Å². The molecule has 0 bridgehead atoms. The molecule has 2 saturated heterocycles. The van der Waals surface area contributed by atoms with Crippen LogP contribution >= 0.6 is 0 Å². The molecule has 0 atom stereocenters. The number of nitrogens with one attached hydrogen (secondary N) is 1. The van der Waals surface area contributed by atoms with Gasteiger partial charge in [-0.3, -0.25) is 5.10 Å². The zero-order valence-corrected chi connectivity index (χ0v) is 20.1. The van der Waals surface area contributed by atoms with Crippen molar-refractivity contribution in [2.24, 2.45) is 5.41 Å². The molecule has 1 aromatic carbocycles. The fourth-order valence-electron chi connectivity index (χ4n) is 6.02. The van der Waals surface area contributed by atoms with Crippen LogP contribution < -0.4 is 0 Å². The van der Waals surface area contributed by atoms with Crippen molar-refractivity contribution in [2.45, 2.75) is 56.8 Å². The highest BCUT2D eigenvalue weighted by atomic mass is 19.3. The second-order valence-electron chi connectivity index (χ2n) is 11.0. The number of carbonyl (C=O) groups excluding carboxylic acids is 1. The van der Waals surface area contributed by atoms with Gasteiger partial charge in [0.2, 0.25) is 5.82 Å². The maximum absolute atomic E-state index is 12.9. The van der Waals surface area contributed by atoms with E-state index in [-0.39, 0.29) is 17.4 Å². The number of hydrogen-bond donors (Lipinski definition) is 1. The fraction of sp³-hybridized carbons (Fsp3) is 0.560. The van der Waals surface area contributed by atoms with E-state index in [0.29, 0.717) is 36.4 Å². The molecule has 1 N–H and O–H groups in total. The lowest BCUT2D eigenvalue weighted by atomic mass is 9.57. The maximum atomic E-state index is 12.9. The Bertz CT molecular complexity index is 1290. The lowest BCUT2D eigenvalue weighted by molar-refractivity contribution is -0.0601. The van der Waals surface area contributed by atoms with Gasteiger partial charge in [0.25, 0.3) is 6.43 Å². The van der Waals surface area contributed by atoms with Gasteiger partial charge >= 0.3 is 6.03 Å². The van der Waals surface area contributed by atoms with Crippen molar-refractivity contribution in [3.8, 4) is 5.69 Å². The van der Waals surface area contributed by atoms with E-state index in [4.69, 9.17) is 4.98 Å². The molecule has 2 aliphatic carbocycles. The number of aromatic amines is 1. The first-order chi connectivity index (χ1) is 17.4. The van der Waals surface area contributed by atoms with Crippen molar-refractivity contribution in [3.05, 3.63) is 53.1 Å². The molecule has 4 aliphatic rings. The summed E-state index contributed by atoms with van der Waals surface area (Å²) in [6, 6.07) is 7.82. The Morgan fingerprint density at radius 2 is 1.75 bits per heavy atom. The van der Waals surface area contributed by atoms with Gasteiger partial charge in [0, 0.05) is 49.3 Å². The summed E-state index contributed by atoms with van der Waals surface area (Å²) in [5.41, 5.74) is 2.08. The van der Waals surface area contributed by atoms with Gasteiger partial charge in [-0.15, -0.1) is 5.10 Å². The largest absolute Gasteiger partial charge is 0.323 e. The zero-order chi connectivity index (χ0) is 24.6. The third-order valence-electron chi connectivity index (χ3n) is 8.27. The van der Waals surface area contributed by atoms with Crippen LogP contribution in [0.5, 0.6) is 0 Å². The summed E-state index contributed by atoms with van der Waals surface area (Å²) in [4.78, 5) is 25.3. The summed E-state index contributed by atoms with van der Waals surface area (Å²) in [5.74, 6) is 3.26. The van der Waals surface area contributed by atoms with Crippen LogP contribution in [0, 0.1) is 12.3 Å². The van der Waals surface area contributed by atoms with Crippen molar-refractivity contribution >= 4 is 6.03 Å². The number of H-pyrrole nitrogens is 1. The lowest BCUT2D eigenvalue weighted by Gasteiger charge is -2.59. The van der Waals surface area contributed by atoms with Gasteiger partial charge in [0.1, 0.15) is 11.6 Å². The zero-order valence-electron chi connectivity index (χ0n) is 20.1. The third kappa shape index (κ3) is 3.58. The molecule has 4 heterocycles. The number of aryl methyl sites for hydroxylation is 1. The molecular weight excluding hydrogens is 466 g/mol. The summed E-state index contributed by atoms with van der Waals surface area (Å²) in [6.45, 7) is 4.71. The van der Waals surface area contributed by atoms with Crippen LogP contribution in [-0.2, 0) is 0 Å². The van der Waals surface area contributed by atoms with Gasteiger partial charge in [0.05, 0.1) is 5.69 Å². The van der Waals surface area contributed by atoms with Gasteiger partial charge in [0.15, 0.2) is 5.82 Å². The van der Waals surface area contributed by atoms with Crippen LogP contribution in [0.1, 0.15) is 78.7 Å². The number of aromatic nitrogens is 6. The first kappa shape index (κ1) is 21.9. The Balaban J connectivity index is 0.897. The molecule has 0 radical (unpaired) electrons. The second kappa shape index (κ2) is 7.81.